The molecule has 1 aliphatic rings. The van der Waals surface area contributed by atoms with Crippen LogP contribution in [0.2, 0.25) is 0 Å². The molecule has 2 heterocycles. The van der Waals surface area contributed by atoms with E-state index in [2.05, 4.69) is 10.3 Å². The summed E-state index contributed by atoms with van der Waals surface area (Å²) in [7, 11) is 3.75. The second kappa shape index (κ2) is 5.18. The Labute approximate surface area is 101 Å². The number of aryl methyl sites for hydroxylation is 1. The second-order valence-corrected chi connectivity index (χ2v) is 4.33. The number of nitrogens with zero attached hydrogens (tertiary/aromatic N) is 4. The summed E-state index contributed by atoms with van der Waals surface area (Å²) in [5.41, 5.74) is 0. The van der Waals surface area contributed by atoms with Crippen molar-refractivity contribution in [2.45, 2.75) is 6.54 Å². The Balaban J connectivity index is 1.93. The van der Waals surface area contributed by atoms with Crippen LogP contribution in [0, 0.1) is 0 Å². The van der Waals surface area contributed by atoms with E-state index < -0.39 is 0 Å². The van der Waals surface area contributed by atoms with Gasteiger partial charge in [0.1, 0.15) is 5.82 Å². The van der Waals surface area contributed by atoms with Crippen molar-refractivity contribution >= 4 is 6.03 Å². The van der Waals surface area contributed by atoms with Gasteiger partial charge in [-0.15, -0.1) is 0 Å². The molecule has 0 saturated carbocycles. The Morgan fingerprint density at radius 1 is 1.53 bits per heavy atom. The molecule has 0 aliphatic carbocycles. The number of carbonyl (C=O) groups is 1. The van der Waals surface area contributed by atoms with Gasteiger partial charge in [0.15, 0.2) is 0 Å². The Morgan fingerprint density at radius 3 is 2.82 bits per heavy atom. The van der Waals surface area contributed by atoms with E-state index in [4.69, 9.17) is 0 Å². The van der Waals surface area contributed by atoms with Gasteiger partial charge in [0.05, 0.1) is 6.54 Å². The summed E-state index contributed by atoms with van der Waals surface area (Å²) in [6.07, 6.45) is 3.64. The maximum Gasteiger partial charge on any atom is 0.320 e. The topological polar surface area (TPSA) is 53.4 Å². The van der Waals surface area contributed by atoms with Crippen molar-refractivity contribution in [2.24, 2.45) is 7.05 Å². The normalized spacial score (nSPS) is 16.0. The zero-order chi connectivity index (χ0) is 12.3. The van der Waals surface area contributed by atoms with E-state index in [9.17, 15) is 4.79 Å². The smallest absolute Gasteiger partial charge is 0.320 e. The first-order chi connectivity index (χ1) is 8.18. The number of carbonyl (C=O) groups excluding carboxylic acids is 1. The number of rotatable bonds is 2. The van der Waals surface area contributed by atoms with Gasteiger partial charge in [-0.25, -0.2) is 9.78 Å². The molecule has 0 bridgehead atoms. The van der Waals surface area contributed by atoms with Crippen molar-refractivity contribution in [3.63, 3.8) is 0 Å². The molecular weight excluding hydrogens is 218 g/mol. The molecule has 1 aromatic heterocycles. The molecule has 0 radical (unpaired) electrons. The van der Waals surface area contributed by atoms with Crippen LogP contribution in [-0.4, -0.2) is 58.6 Å². The molecule has 2 rings (SSSR count). The standard InChI is InChI=1S/C11H19N5O/c1-14-6-5-13-10(14)9-15(2)11(17)16-7-3-12-4-8-16/h5-6,12H,3-4,7-9H2,1-2H3. The molecule has 0 spiro atoms. The first kappa shape index (κ1) is 11.9. The first-order valence-corrected chi connectivity index (χ1v) is 5.85. The second-order valence-electron chi connectivity index (χ2n) is 4.33. The van der Waals surface area contributed by atoms with Crippen LogP contribution in [0.1, 0.15) is 5.82 Å². The molecule has 6 heteroatoms. The minimum absolute atomic E-state index is 0.0782. The van der Waals surface area contributed by atoms with Crippen LogP contribution in [0.4, 0.5) is 4.79 Å². The van der Waals surface area contributed by atoms with Crippen LogP contribution >= 0.6 is 0 Å². The van der Waals surface area contributed by atoms with E-state index in [0.29, 0.717) is 6.54 Å². The lowest BCUT2D eigenvalue weighted by Gasteiger charge is -2.31. The third-order valence-electron chi connectivity index (χ3n) is 3.01. The number of hydrogen-bond acceptors (Lipinski definition) is 3. The third kappa shape index (κ3) is 2.76. The molecule has 6 nitrogen and oxygen atoms in total. The summed E-state index contributed by atoms with van der Waals surface area (Å²) in [6, 6.07) is 0.0782. The van der Waals surface area contributed by atoms with Gasteiger partial charge in [-0.2, -0.15) is 0 Å². The predicted octanol–water partition coefficient (Wildman–Crippen LogP) is -0.123. The highest BCUT2D eigenvalue weighted by Gasteiger charge is 2.20. The van der Waals surface area contributed by atoms with E-state index in [0.717, 1.165) is 32.0 Å². The Bertz CT molecular complexity index is 383. The SMILES string of the molecule is CN(Cc1nccn1C)C(=O)N1CCNCC1. The molecule has 2 amide bonds. The van der Waals surface area contributed by atoms with Crippen molar-refractivity contribution in [2.75, 3.05) is 33.2 Å². The summed E-state index contributed by atoms with van der Waals surface area (Å²) in [4.78, 5) is 19.9. The molecule has 0 atom stereocenters. The van der Waals surface area contributed by atoms with Gasteiger partial charge >= 0.3 is 6.03 Å². The quantitative estimate of drug-likeness (QED) is 0.780. The molecule has 1 N–H and O–H groups in total. The van der Waals surface area contributed by atoms with Crippen molar-refractivity contribution in [1.82, 2.24) is 24.7 Å². The van der Waals surface area contributed by atoms with E-state index in [1.165, 1.54) is 0 Å². The Kier molecular flexibility index (Phi) is 3.63. The van der Waals surface area contributed by atoms with Crippen LogP contribution in [0.5, 0.6) is 0 Å². The minimum atomic E-state index is 0.0782. The zero-order valence-corrected chi connectivity index (χ0v) is 10.4. The van der Waals surface area contributed by atoms with Gasteiger partial charge in [0.25, 0.3) is 0 Å². The van der Waals surface area contributed by atoms with Gasteiger partial charge in [0.2, 0.25) is 0 Å². The molecule has 1 fully saturated rings. The fourth-order valence-electron chi connectivity index (χ4n) is 1.93. The van der Waals surface area contributed by atoms with Gasteiger partial charge in [-0.3, -0.25) is 0 Å². The van der Waals surface area contributed by atoms with E-state index in [-0.39, 0.29) is 6.03 Å². The molecule has 1 aliphatic heterocycles. The number of piperazine rings is 1. The minimum Gasteiger partial charge on any atom is -0.337 e. The van der Waals surface area contributed by atoms with Crippen molar-refractivity contribution < 1.29 is 4.79 Å². The van der Waals surface area contributed by atoms with Crippen LogP contribution in [0.15, 0.2) is 12.4 Å². The largest absolute Gasteiger partial charge is 0.337 e. The van der Waals surface area contributed by atoms with Crippen molar-refractivity contribution in [1.29, 1.82) is 0 Å². The monoisotopic (exact) mass is 237 g/mol. The first-order valence-electron chi connectivity index (χ1n) is 5.85. The lowest BCUT2D eigenvalue weighted by Crippen LogP contribution is -2.50. The van der Waals surface area contributed by atoms with Gasteiger partial charge in [-0.05, 0) is 0 Å². The molecule has 17 heavy (non-hydrogen) atoms. The number of aromatic nitrogens is 2. The summed E-state index contributed by atoms with van der Waals surface area (Å²) >= 11 is 0. The fourth-order valence-corrected chi connectivity index (χ4v) is 1.93. The fraction of sp³-hybridized carbons (Fsp3) is 0.636. The highest BCUT2D eigenvalue weighted by atomic mass is 16.2. The molecule has 1 saturated heterocycles. The van der Waals surface area contributed by atoms with Crippen LogP contribution < -0.4 is 5.32 Å². The lowest BCUT2D eigenvalue weighted by molar-refractivity contribution is 0.153. The van der Waals surface area contributed by atoms with Gasteiger partial charge in [-0.1, -0.05) is 0 Å². The maximum atomic E-state index is 12.1. The van der Waals surface area contributed by atoms with Crippen LogP contribution in [-0.2, 0) is 13.6 Å². The summed E-state index contributed by atoms with van der Waals surface area (Å²) < 4.78 is 1.93. The average Bonchev–Trinajstić information content (AvgIpc) is 2.75. The summed E-state index contributed by atoms with van der Waals surface area (Å²) in [5.74, 6) is 0.899. The molecule has 1 aromatic rings. The lowest BCUT2D eigenvalue weighted by atomic mass is 10.4. The van der Waals surface area contributed by atoms with Crippen LogP contribution in [0.25, 0.3) is 0 Å². The van der Waals surface area contributed by atoms with Gasteiger partial charge in [0, 0.05) is 52.7 Å². The molecule has 94 valence electrons. The summed E-state index contributed by atoms with van der Waals surface area (Å²) in [5, 5.41) is 3.23. The number of nitrogens with one attached hydrogen (secondary N) is 1. The highest BCUT2D eigenvalue weighted by molar-refractivity contribution is 5.74. The number of imidazole rings is 1. The molecule has 0 unspecified atom stereocenters. The molecular formula is C11H19N5O. The number of urea groups is 1. The van der Waals surface area contributed by atoms with Crippen LogP contribution in [0.3, 0.4) is 0 Å². The van der Waals surface area contributed by atoms with Crippen molar-refractivity contribution in [3.8, 4) is 0 Å². The Morgan fingerprint density at radius 2 is 2.24 bits per heavy atom. The van der Waals surface area contributed by atoms with E-state index in [1.54, 1.807) is 11.1 Å². The maximum absolute atomic E-state index is 12.1. The molecule has 0 aromatic carbocycles. The number of hydrogen-bond donors (Lipinski definition) is 1. The third-order valence-corrected chi connectivity index (χ3v) is 3.01. The predicted molar refractivity (Wildman–Crippen MR) is 64.5 cm³/mol. The van der Waals surface area contributed by atoms with E-state index in [1.807, 2.05) is 29.8 Å². The van der Waals surface area contributed by atoms with E-state index >= 15 is 0 Å². The number of amides is 2. The van der Waals surface area contributed by atoms with Crippen molar-refractivity contribution in [3.05, 3.63) is 18.2 Å². The highest BCUT2D eigenvalue weighted by Crippen LogP contribution is 2.04. The summed E-state index contributed by atoms with van der Waals surface area (Å²) in [6.45, 7) is 3.86. The Hall–Kier alpha value is -1.56. The van der Waals surface area contributed by atoms with Gasteiger partial charge < -0.3 is 19.7 Å². The zero-order valence-electron chi connectivity index (χ0n) is 10.4. The average molecular weight is 237 g/mol.